The first kappa shape index (κ1) is 18.6. The van der Waals surface area contributed by atoms with Gasteiger partial charge in [-0.25, -0.2) is 0 Å². The molecular weight excluding hydrogens is 482 g/mol. The Hall–Kier alpha value is -0.358. The molecule has 0 bridgehead atoms. The van der Waals surface area contributed by atoms with E-state index in [0.717, 1.165) is 24.1 Å². The third-order valence-corrected chi connectivity index (χ3v) is 2.74. The molecule has 0 aliphatic rings. The summed E-state index contributed by atoms with van der Waals surface area (Å²) in [6.45, 7) is 9.82. The van der Waals surface area contributed by atoms with Gasteiger partial charge in [0.05, 0.1) is 0 Å². The number of benzene rings is 1. The Bertz CT molecular complexity index is 444. The summed E-state index contributed by atoms with van der Waals surface area (Å²) < 4.78 is 0. The topological polar surface area (TPSA) is 29.3 Å². The van der Waals surface area contributed by atoms with E-state index >= 15 is 0 Å². The molecule has 0 aromatic heterocycles. The van der Waals surface area contributed by atoms with Crippen molar-refractivity contribution in [3.8, 4) is 0 Å². The van der Waals surface area contributed by atoms with Gasteiger partial charge < -0.3 is 17.6 Å². The molecule has 4 heteroatoms. The standard InChI is InChI=1S/C15H19ClN2.U/c1-4-7-8-9-18(6-3)15-12(5-2)10-13(16)11-14(15)17;/h6,8-9,11H,2-5,7,17H2,1H3;/q-2;+2/b9-8-;. The Morgan fingerprint density at radius 1 is 1.58 bits per heavy atom. The second kappa shape index (κ2) is 9.53. The number of nitrogen functional groups attached to an aromatic ring is 1. The zero-order valence-electron chi connectivity index (χ0n) is 11.2. The van der Waals surface area contributed by atoms with Gasteiger partial charge in [0, 0.05) is 0 Å². The molecule has 1 aromatic carbocycles. The number of halogens is 1. The number of rotatable bonds is 6. The molecule has 0 unspecified atom stereocenters. The maximum absolute atomic E-state index is 6.02. The van der Waals surface area contributed by atoms with Crippen LogP contribution in [0.2, 0.25) is 5.02 Å². The molecular formula is C15H19ClN2U. The Morgan fingerprint density at radius 2 is 2.26 bits per heavy atom. The van der Waals surface area contributed by atoms with Crippen LogP contribution in [-0.2, 0) is 6.42 Å². The Morgan fingerprint density at radius 3 is 2.79 bits per heavy atom. The van der Waals surface area contributed by atoms with Gasteiger partial charge in [0.15, 0.2) is 0 Å². The van der Waals surface area contributed by atoms with E-state index in [-0.39, 0.29) is 31.1 Å². The predicted molar refractivity (Wildman–Crippen MR) is 80.5 cm³/mol. The summed E-state index contributed by atoms with van der Waals surface area (Å²) in [6.07, 6.45) is 8.46. The molecule has 0 atom stereocenters. The Balaban J connectivity index is 0.00000324. The van der Waals surface area contributed by atoms with Crippen LogP contribution in [-0.4, -0.2) is 0 Å². The van der Waals surface area contributed by atoms with Gasteiger partial charge in [0.1, 0.15) is 0 Å². The van der Waals surface area contributed by atoms with Crippen LogP contribution in [0, 0.1) is 44.1 Å². The molecule has 0 heterocycles. The van der Waals surface area contributed by atoms with E-state index in [2.05, 4.69) is 32.6 Å². The molecule has 0 radical (unpaired) electrons. The third kappa shape index (κ3) is 5.26. The first-order valence-electron chi connectivity index (χ1n) is 6.01. The molecule has 100 valence electrons. The maximum Gasteiger partial charge on any atom is 2.00 e. The minimum absolute atomic E-state index is 0. The molecule has 1 rings (SSSR count). The molecule has 0 spiro atoms. The van der Waals surface area contributed by atoms with E-state index in [9.17, 15) is 0 Å². The molecule has 19 heavy (non-hydrogen) atoms. The fourth-order valence-electron chi connectivity index (χ4n) is 1.69. The first-order chi connectivity index (χ1) is 8.63. The van der Waals surface area contributed by atoms with E-state index in [1.54, 1.807) is 12.3 Å². The van der Waals surface area contributed by atoms with Crippen LogP contribution < -0.4 is 10.6 Å². The predicted octanol–water partition coefficient (Wildman–Crippen LogP) is 4.36. The van der Waals surface area contributed by atoms with Crippen molar-refractivity contribution in [2.75, 3.05) is 10.6 Å². The molecule has 1 aromatic rings. The van der Waals surface area contributed by atoms with Crippen LogP contribution in [0.25, 0.3) is 0 Å². The fourth-order valence-corrected chi connectivity index (χ4v) is 1.92. The van der Waals surface area contributed by atoms with Crippen molar-refractivity contribution in [1.29, 1.82) is 0 Å². The normalized spacial score (nSPS) is 10.3. The summed E-state index contributed by atoms with van der Waals surface area (Å²) in [4.78, 5) is 1.89. The number of anilines is 2. The molecule has 0 saturated heterocycles. The molecule has 2 N–H and O–H groups in total. The van der Waals surface area contributed by atoms with Gasteiger partial charge in [-0.2, -0.15) is 18.1 Å². The smallest absolute Gasteiger partial charge is 0.417 e. The minimum atomic E-state index is 0. The third-order valence-electron chi connectivity index (χ3n) is 2.54. The van der Waals surface area contributed by atoms with Gasteiger partial charge in [-0.05, 0) is 24.5 Å². The summed E-state index contributed by atoms with van der Waals surface area (Å²) in [6, 6.07) is 4.77. The first-order valence-corrected chi connectivity index (χ1v) is 6.38. The second-order valence-corrected chi connectivity index (χ2v) is 4.32. The number of hydrogen-bond acceptors (Lipinski definition) is 2. The van der Waals surface area contributed by atoms with E-state index < -0.39 is 0 Å². The van der Waals surface area contributed by atoms with Crippen molar-refractivity contribution < 1.29 is 31.1 Å². The van der Waals surface area contributed by atoms with E-state index in [0.29, 0.717) is 17.1 Å². The Kier molecular flexibility index (Phi) is 9.35. The van der Waals surface area contributed by atoms with Gasteiger partial charge in [-0.15, -0.1) is 17.7 Å². The van der Waals surface area contributed by atoms with Crippen LogP contribution in [0.3, 0.4) is 0 Å². The summed E-state index contributed by atoms with van der Waals surface area (Å²) in [5.41, 5.74) is 8.38. The zero-order valence-corrected chi connectivity index (χ0v) is 16.2. The summed E-state index contributed by atoms with van der Waals surface area (Å²) in [5, 5.41) is 0.511. The van der Waals surface area contributed by atoms with Gasteiger partial charge in [-0.1, -0.05) is 36.7 Å². The summed E-state index contributed by atoms with van der Waals surface area (Å²) in [5.74, 6) is 0. The van der Waals surface area contributed by atoms with Crippen molar-refractivity contribution in [2.24, 2.45) is 0 Å². The van der Waals surface area contributed by atoms with Crippen LogP contribution in [0.15, 0.2) is 31.1 Å². The van der Waals surface area contributed by atoms with Crippen molar-refractivity contribution in [1.82, 2.24) is 0 Å². The van der Waals surface area contributed by atoms with Crippen LogP contribution in [0.5, 0.6) is 0 Å². The van der Waals surface area contributed by atoms with Gasteiger partial charge in [-0.3, -0.25) is 0 Å². The monoisotopic (exact) mass is 500 g/mol. The van der Waals surface area contributed by atoms with E-state index in [1.165, 1.54) is 0 Å². The zero-order chi connectivity index (χ0) is 13.5. The number of hydrogen-bond donors (Lipinski definition) is 1. The molecule has 0 aliphatic carbocycles. The van der Waals surface area contributed by atoms with Crippen molar-refractivity contribution >= 4 is 23.0 Å². The van der Waals surface area contributed by atoms with Crippen LogP contribution in [0.1, 0.15) is 25.3 Å². The quantitative estimate of drug-likeness (QED) is 0.464. The van der Waals surface area contributed by atoms with E-state index in [1.807, 2.05) is 11.1 Å². The van der Waals surface area contributed by atoms with Crippen molar-refractivity contribution in [3.05, 3.63) is 54.7 Å². The largest absolute Gasteiger partial charge is 2.00 e. The van der Waals surface area contributed by atoms with Gasteiger partial charge in [0.2, 0.25) is 0 Å². The Labute approximate surface area is 145 Å². The second-order valence-electron chi connectivity index (χ2n) is 3.91. The van der Waals surface area contributed by atoms with E-state index in [4.69, 9.17) is 17.3 Å². The number of allylic oxidation sites excluding steroid dienone is 1. The van der Waals surface area contributed by atoms with Crippen LogP contribution in [0.4, 0.5) is 11.4 Å². The minimum Gasteiger partial charge on any atom is -0.417 e. The van der Waals surface area contributed by atoms with Crippen LogP contribution >= 0.6 is 11.6 Å². The number of nitrogens with zero attached hydrogens (tertiary/aromatic N) is 1. The maximum atomic E-state index is 6.02. The van der Waals surface area contributed by atoms with Gasteiger partial charge >= 0.3 is 31.1 Å². The van der Waals surface area contributed by atoms with Crippen molar-refractivity contribution in [3.63, 3.8) is 0 Å². The summed E-state index contributed by atoms with van der Waals surface area (Å²) in [7, 11) is 0. The SMILES string of the molecule is C=CN(/C=C\CCC)c1c(C[CH2-])[c-]c(Cl)cc1N.[U+2]. The van der Waals surface area contributed by atoms with Gasteiger partial charge in [0.25, 0.3) is 0 Å². The number of nitrogens with two attached hydrogens (primary N) is 1. The average Bonchev–Trinajstić information content (AvgIpc) is 2.35. The van der Waals surface area contributed by atoms with Crippen molar-refractivity contribution in [2.45, 2.75) is 26.2 Å². The molecule has 0 saturated carbocycles. The molecule has 0 amide bonds. The summed E-state index contributed by atoms with van der Waals surface area (Å²) >= 11 is 5.95. The number of unbranched alkanes of at least 4 members (excludes halogenated alkanes) is 1. The average molecular weight is 501 g/mol. The molecule has 0 aliphatic heterocycles. The molecule has 0 fully saturated rings. The fraction of sp³-hybridized carbons (Fsp3) is 0.267. The molecule has 2 nitrogen and oxygen atoms in total.